The molecule has 7 nitrogen and oxygen atoms in total. The zero-order chi connectivity index (χ0) is 20.0. The third kappa shape index (κ3) is 4.09. The predicted molar refractivity (Wildman–Crippen MR) is 107 cm³/mol. The Morgan fingerprint density at radius 2 is 1.96 bits per heavy atom. The lowest BCUT2D eigenvalue weighted by molar-refractivity contribution is -0.151. The number of para-hydroxylation sites is 1. The lowest BCUT2D eigenvalue weighted by Crippen LogP contribution is -2.62. The summed E-state index contributed by atoms with van der Waals surface area (Å²) in [6, 6.07) is 9.43. The Morgan fingerprint density at radius 3 is 2.54 bits per heavy atom. The smallest absolute Gasteiger partial charge is 0.332 e. The summed E-state index contributed by atoms with van der Waals surface area (Å²) in [7, 11) is 1.40. The zero-order valence-corrected chi connectivity index (χ0v) is 16.6. The highest BCUT2D eigenvalue weighted by atomic mass is 16.5. The number of carbonyl (C=O) groups excluding carboxylic acids is 2. The first-order chi connectivity index (χ1) is 13.6. The number of nitrogens with one attached hydrogen (secondary N) is 1. The number of imidazole rings is 1. The molecule has 2 aromatic rings. The Kier molecular flexibility index (Phi) is 6.46. The molecule has 1 aliphatic rings. The number of esters is 1. The van der Waals surface area contributed by atoms with Crippen LogP contribution in [0.2, 0.25) is 0 Å². The van der Waals surface area contributed by atoms with Crippen molar-refractivity contribution < 1.29 is 14.3 Å². The molecular weight excluding hydrogens is 356 g/mol. The topological polar surface area (TPSA) is 78.5 Å². The van der Waals surface area contributed by atoms with Gasteiger partial charge in [-0.2, -0.15) is 0 Å². The average Bonchev–Trinajstić information content (AvgIpc) is 3.27. The molecule has 1 aromatic carbocycles. The summed E-state index contributed by atoms with van der Waals surface area (Å²) < 4.78 is 5.18. The number of benzene rings is 1. The lowest BCUT2D eigenvalue weighted by atomic mass is 9.84. The number of nitrogens with zero attached hydrogens (tertiary/aromatic N) is 3. The first-order valence-corrected chi connectivity index (χ1v) is 9.77. The van der Waals surface area contributed by atoms with E-state index in [-0.39, 0.29) is 11.9 Å². The molecule has 3 rings (SSSR count). The first-order valence-electron chi connectivity index (χ1n) is 9.77. The molecule has 0 unspecified atom stereocenters. The van der Waals surface area contributed by atoms with Crippen LogP contribution in [0.1, 0.15) is 31.9 Å². The van der Waals surface area contributed by atoms with Crippen LogP contribution in [0, 0.1) is 0 Å². The normalized spacial score (nSPS) is 16.5. The molecule has 1 N–H and O–H groups in total. The van der Waals surface area contributed by atoms with Gasteiger partial charge in [-0.15, -0.1) is 0 Å². The van der Waals surface area contributed by atoms with Crippen LogP contribution in [-0.4, -0.2) is 59.0 Å². The predicted octanol–water partition coefficient (Wildman–Crippen LogP) is 2.40. The summed E-state index contributed by atoms with van der Waals surface area (Å²) in [6.45, 7) is 4.16. The second kappa shape index (κ2) is 9.01. The first kappa shape index (κ1) is 20.1. The van der Waals surface area contributed by atoms with Crippen molar-refractivity contribution in [3.8, 4) is 0 Å². The molecule has 0 atom stereocenters. The second-order valence-corrected chi connectivity index (χ2v) is 7.11. The fourth-order valence-electron chi connectivity index (χ4n) is 3.92. The molecule has 0 saturated carbocycles. The summed E-state index contributed by atoms with van der Waals surface area (Å²) in [5.41, 5.74) is 0.871. The summed E-state index contributed by atoms with van der Waals surface area (Å²) in [4.78, 5) is 37.0. The van der Waals surface area contributed by atoms with Crippen LogP contribution in [-0.2, 0) is 20.7 Å². The highest BCUT2D eigenvalue weighted by Gasteiger charge is 2.49. The minimum absolute atomic E-state index is 0.0671. The van der Waals surface area contributed by atoms with Crippen molar-refractivity contribution >= 4 is 17.6 Å². The third-order valence-electron chi connectivity index (χ3n) is 5.50. The highest BCUT2D eigenvalue weighted by Crippen LogP contribution is 2.35. The van der Waals surface area contributed by atoms with Crippen LogP contribution in [0.15, 0.2) is 42.9 Å². The van der Waals surface area contributed by atoms with Crippen molar-refractivity contribution in [2.45, 2.75) is 38.1 Å². The quantitative estimate of drug-likeness (QED) is 0.742. The fraction of sp³-hybridized carbons (Fsp3) is 0.476. The number of amides is 1. The van der Waals surface area contributed by atoms with Crippen LogP contribution in [0.4, 0.5) is 5.69 Å². The largest absolute Gasteiger partial charge is 0.467 e. The van der Waals surface area contributed by atoms with E-state index in [2.05, 4.69) is 14.9 Å². The van der Waals surface area contributed by atoms with E-state index < -0.39 is 5.54 Å². The highest BCUT2D eigenvalue weighted by molar-refractivity contribution is 6.02. The van der Waals surface area contributed by atoms with Crippen molar-refractivity contribution in [3.05, 3.63) is 48.5 Å². The van der Waals surface area contributed by atoms with Gasteiger partial charge in [0.15, 0.2) is 0 Å². The molecule has 28 heavy (non-hydrogen) atoms. The minimum atomic E-state index is -0.965. The number of likely N-dealkylation sites (tertiary alicyclic amines) is 1. The van der Waals surface area contributed by atoms with Crippen molar-refractivity contribution in [3.63, 3.8) is 0 Å². The maximum atomic E-state index is 12.9. The average molecular weight is 384 g/mol. The van der Waals surface area contributed by atoms with Gasteiger partial charge < -0.3 is 14.6 Å². The molecule has 150 valence electrons. The standard InChI is InChI=1S/C21H28N4O3/c1-3-19(26)25(18-7-5-4-6-8-18)21(20(27)28-2)10-13-24(14-11-21)12-9-17-15-22-16-23-17/h4-8,15-16H,3,9-14H2,1-2H3,(H,22,23). The molecule has 1 saturated heterocycles. The van der Waals surface area contributed by atoms with Gasteiger partial charge in [0.25, 0.3) is 0 Å². The number of piperidine rings is 1. The number of H-pyrrole nitrogens is 1. The summed E-state index contributed by atoms with van der Waals surface area (Å²) in [5.74, 6) is -0.408. The second-order valence-electron chi connectivity index (χ2n) is 7.11. The monoisotopic (exact) mass is 384 g/mol. The summed E-state index contributed by atoms with van der Waals surface area (Å²) in [5, 5.41) is 0. The number of rotatable bonds is 7. The van der Waals surface area contributed by atoms with Gasteiger partial charge in [-0.05, 0) is 25.0 Å². The molecule has 1 fully saturated rings. The fourth-order valence-corrected chi connectivity index (χ4v) is 3.92. The van der Waals surface area contributed by atoms with Gasteiger partial charge in [-0.1, -0.05) is 25.1 Å². The van der Waals surface area contributed by atoms with E-state index in [0.29, 0.717) is 19.3 Å². The number of methoxy groups -OCH3 is 1. The molecule has 7 heteroatoms. The van der Waals surface area contributed by atoms with Crippen LogP contribution < -0.4 is 4.90 Å². The molecular formula is C21H28N4O3. The van der Waals surface area contributed by atoms with Gasteiger partial charge in [0.2, 0.25) is 5.91 Å². The van der Waals surface area contributed by atoms with E-state index in [1.165, 1.54) is 7.11 Å². The van der Waals surface area contributed by atoms with Crippen molar-refractivity contribution in [1.82, 2.24) is 14.9 Å². The number of hydrogen-bond donors (Lipinski definition) is 1. The molecule has 1 aromatic heterocycles. The van der Waals surface area contributed by atoms with Gasteiger partial charge in [-0.25, -0.2) is 9.78 Å². The van der Waals surface area contributed by atoms with Gasteiger partial charge >= 0.3 is 5.97 Å². The number of aromatic amines is 1. The Balaban J connectivity index is 1.80. The minimum Gasteiger partial charge on any atom is -0.467 e. The number of aromatic nitrogens is 2. The molecule has 2 heterocycles. The van der Waals surface area contributed by atoms with E-state index in [4.69, 9.17) is 4.74 Å². The summed E-state index contributed by atoms with van der Waals surface area (Å²) >= 11 is 0. The van der Waals surface area contributed by atoms with Crippen molar-refractivity contribution in [1.29, 1.82) is 0 Å². The molecule has 1 amide bonds. The van der Waals surface area contributed by atoms with E-state index in [1.54, 1.807) is 11.2 Å². The molecule has 0 bridgehead atoms. The number of hydrogen-bond acceptors (Lipinski definition) is 5. The van der Waals surface area contributed by atoms with E-state index in [9.17, 15) is 9.59 Å². The van der Waals surface area contributed by atoms with Crippen molar-refractivity contribution in [2.75, 3.05) is 31.6 Å². The SMILES string of the molecule is CCC(=O)N(c1ccccc1)C1(C(=O)OC)CCN(CCc2cnc[nH]2)CC1. The third-order valence-corrected chi connectivity index (χ3v) is 5.50. The Morgan fingerprint density at radius 1 is 1.25 bits per heavy atom. The van der Waals surface area contributed by atoms with Gasteiger partial charge in [-0.3, -0.25) is 9.69 Å². The van der Waals surface area contributed by atoms with Crippen LogP contribution >= 0.6 is 0 Å². The van der Waals surface area contributed by atoms with Gasteiger partial charge in [0.1, 0.15) is 5.54 Å². The molecule has 0 spiro atoms. The number of ether oxygens (including phenoxy) is 1. The van der Waals surface area contributed by atoms with Crippen LogP contribution in [0.25, 0.3) is 0 Å². The molecule has 0 aliphatic carbocycles. The molecule has 0 radical (unpaired) electrons. The maximum absolute atomic E-state index is 12.9. The number of carbonyl (C=O) groups is 2. The van der Waals surface area contributed by atoms with Crippen LogP contribution in [0.3, 0.4) is 0 Å². The van der Waals surface area contributed by atoms with E-state index >= 15 is 0 Å². The van der Waals surface area contributed by atoms with E-state index in [0.717, 1.165) is 37.4 Å². The maximum Gasteiger partial charge on any atom is 0.332 e. The Labute approximate surface area is 165 Å². The Hall–Kier alpha value is -2.67. The number of anilines is 1. The molecule has 1 aliphatic heterocycles. The zero-order valence-electron chi connectivity index (χ0n) is 16.6. The van der Waals surface area contributed by atoms with Crippen molar-refractivity contribution in [2.24, 2.45) is 0 Å². The lowest BCUT2D eigenvalue weighted by Gasteiger charge is -2.46. The van der Waals surface area contributed by atoms with Gasteiger partial charge in [0.05, 0.1) is 13.4 Å². The van der Waals surface area contributed by atoms with Gasteiger partial charge in [0, 0.05) is 50.1 Å². The van der Waals surface area contributed by atoms with Crippen LogP contribution in [0.5, 0.6) is 0 Å². The Bertz CT molecular complexity index is 768. The summed E-state index contributed by atoms with van der Waals surface area (Å²) in [6.07, 6.45) is 5.81. The van der Waals surface area contributed by atoms with E-state index in [1.807, 2.05) is 43.5 Å².